The number of nitrogens with two attached hydrogens (primary N) is 1. The lowest BCUT2D eigenvalue weighted by Crippen LogP contribution is -2.15. The Kier molecular flexibility index (Phi) is 7.70. The van der Waals surface area contributed by atoms with Gasteiger partial charge in [-0.05, 0) is 79.0 Å². The number of benzene rings is 3. The van der Waals surface area contributed by atoms with Crippen molar-refractivity contribution in [3.8, 4) is 34.1 Å². The van der Waals surface area contributed by atoms with E-state index in [9.17, 15) is 9.90 Å². The molecule has 0 aliphatic rings. The van der Waals surface area contributed by atoms with Crippen molar-refractivity contribution in [3.05, 3.63) is 120 Å². The minimum atomic E-state index is 0.0162. The molecule has 42 heavy (non-hydrogen) atoms. The van der Waals surface area contributed by atoms with Crippen LogP contribution < -0.4 is 11.1 Å². The molecule has 0 fully saturated rings. The molecule has 0 aliphatic heterocycles. The van der Waals surface area contributed by atoms with Crippen LogP contribution in [0, 0.1) is 0 Å². The Labute approximate surface area is 243 Å². The molecular weight excluding hydrogens is 524 g/mol. The number of phenolic OH excluding ortho intramolecular Hbond substituents is 1. The van der Waals surface area contributed by atoms with Crippen molar-refractivity contribution >= 4 is 23.3 Å². The zero-order valence-electron chi connectivity index (χ0n) is 22.9. The fourth-order valence-corrected chi connectivity index (χ4v) is 5.03. The second-order valence-corrected chi connectivity index (χ2v) is 10.1. The molecule has 0 radical (unpaired) electrons. The van der Waals surface area contributed by atoms with Gasteiger partial charge >= 0.3 is 0 Å². The first-order chi connectivity index (χ1) is 20.6. The fraction of sp³-hybridized carbons (Fsp3) is 0.118. The summed E-state index contributed by atoms with van der Waals surface area (Å²) in [4.78, 5) is 25.3. The first-order valence-corrected chi connectivity index (χ1v) is 13.8. The number of imidazole rings is 1. The third-order valence-corrected chi connectivity index (χ3v) is 7.22. The predicted molar refractivity (Wildman–Crippen MR) is 165 cm³/mol. The molecule has 0 amide bonds. The molecule has 0 bridgehead atoms. The van der Waals surface area contributed by atoms with Crippen molar-refractivity contribution in [3.63, 3.8) is 0 Å². The van der Waals surface area contributed by atoms with Crippen LogP contribution in [-0.2, 0) is 13.0 Å². The summed E-state index contributed by atoms with van der Waals surface area (Å²) in [6.07, 6.45) is 4.08. The maximum absolute atomic E-state index is 11.1. The van der Waals surface area contributed by atoms with Gasteiger partial charge in [-0.2, -0.15) is 0 Å². The van der Waals surface area contributed by atoms with Crippen LogP contribution in [0.4, 0.5) is 5.82 Å². The Morgan fingerprint density at radius 2 is 1.69 bits per heavy atom. The van der Waals surface area contributed by atoms with Crippen LogP contribution in [-0.4, -0.2) is 37.5 Å². The van der Waals surface area contributed by atoms with E-state index in [0.717, 1.165) is 70.7 Å². The number of rotatable bonds is 10. The Balaban J connectivity index is 1.23. The molecule has 3 aromatic carbocycles. The molecule has 208 valence electrons. The number of aldehydes is 1. The minimum absolute atomic E-state index is 0.0162. The average Bonchev–Trinajstić information content (AvgIpc) is 3.41. The fourth-order valence-electron chi connectivity index (χ4n) is 5.03. The normalized spacial score (nSPS) is 11.1. The van der Waals surface area contributed by atoms with Crippen molar-refractivity contribution in [1.82, 2.24) is 24.8 Å². The van der Waals surface area contributed by atoms with Crippen molar-refractivity contribution in [2.45, 2.75) is 19.4 Å². The second kappa shape index (κ2) is 12.0. The SMILES string of the molecule is Nc1ncccc1-c1nc2ccc(-c3ccccc3)nc2n1-c1ccc(CNCCCc2ccc(O)c(C=O)c2)cc1. The largest absolute Gasteiger partial charge is 0.507 e. The monoisotopic (exact) mass is 554 g/mol. The van der Waals surface area contributed by atoms with Crippen LogP contribution in [0.2, 0.25) is 0 Å². The number of aryl methyl sites for hydroxylation is 1. The van der Waals surface area contributed by atoms with Gasteiger partial charge in [0.15, 0.2) is 17.8 Å². The van der Waals surface area contributed by atoms with E-state index >= 15 is 0 Å². The predicted octanol–water partition coefficient (Wildman–Crippen LogP) is 5.97. The number of pyridine rings is 2. The van der Waals surface area contributed by atoms with E-state index < -0.39 is 0 Å². The van der Waals surface area contributed by atoms with Crippen LogP contribution in [0.5, 0.6) is 5.75 Å². The average molecular weight is 555 g/mol. The third-order valence-electron chi connectivity index (χ3n) is 7.22. The van der Waals surface area contributed by atoms with Gasteiger partial charge in [0.2, 0.25) is 0 Å². The zero-order valence-corrected chi connectivity index (χ0v) is 22.9. The standard InChI is InChI=1S/C34H30N6O2/c35-32-28(9-5-19-37-32)33-39-30-16-15-29(25-7-2-1-3-8-25)38-34(30)40(33)27-13-10-24(11-14-27)21-36-18-4-6-23-12-17-31(42)26(20-23)22-41/h1-3,5,7-17,19-20,22,36,42H,4,6,18,21H2,(H2,35,37). The lowest BCUT2D eigenvalue weighted by molar-refractivity contribution is 0.112. The molecule has 3 aromatic heterocycles. The number of carbonyl (C=O) groups is 1. The number of phenols is 1. The van der Waals surface area contributed by atoms with E-state index in [1.807, 2.05) is 65.2 Å². The number of aromatic hydroxyl groups is 1. The van der Waals surface area contributed by atoms with Crippen molar-refractivity contribution in [2.75, 3.05) is 12.3 Å². The lowest BCUT2D eigenvalue weighted by Gasteiger charge is -2.12. The van der Waals surface area contributed by atoms with Gasteiger partial charge < -0.3 is 16.2 Å². The van der Waals surface area contributed by atoms with Crippen LogP contribution in [0.15, 0.2) is 103 Å². The topological polar surface area (TPSA) is 119 Å². The summed E-state index contributed by atoms with van der Waals surface area (Å²) in [6, 6.07) is 31.4. The molecule has 0 aliphatic carbocycles. The van der Waals surface area contributed by atoms with Gasteiger partial charge in [0, 0.05) is 24.0 Å². The number of hydrogen-bond acceptors (Lipinski definition) is 7. The summed E-state index contributed by atoms with van der Waals surface area (Å²) >= 11 is 0. The lowest BCUT2D eigenvalue weighted by atomic mass is 10.1. The molecule has 6 aromatic rings. The molecular formula is C34H30N6O2. The maximum Gasteiger partial charge on any atom is 0.165 e. The van der Waals surface area contributed by atoms with Gasteiger partial charge in [-0.1, -0.05) is 48.5 Å². The number of nitrogens with zero attached hydrogens (tertiary/aromatic N) is 4. The van der Waals surface area contributed by atoms with E-state index in [2.05, 4.69) is 34.6 Å². The van der Waals surface area contributed by atoms with Crippen LogP contribution in [0.1, 0.15) is 27.9 Å². The van der Waals surface area contributed by atoms with Gasteiger partial charge in [-0.25, -0.2) is 15.0 Å². The highest BCUT2D eigenvalue weighted by Gasteiger charge is 2.18. The summed E-state index contributed by atoms with van der Waals surface area (Å²) < 4.78 is 2.04. The van der Waals surface area contributed by atoms with Crippen LogP contribution in [0.25, 0.3) is 39.5 Å². The van der Waals surface area contributed by atoms with E-state index in [4.69, 9.17) is 15.7 Å². The van der Waals surface area contributed by atoms with Gasteiger partial charge in [0.05, 0.1) is 16.8 Å². The number of fused-ring (bicyclic) bond motifs is 1. The maximum atomic E-state index is 11.1. The van der Waals surface area contributed by atoms with Gasteiger partial charge in [0.25, 0.3) is 0 Å². The second-order valence-electron chi connectivity index (χ2n) is 10.1. The quantitative estimate of drug-likeness (QED) is 0.141. The van der Waals surface area contributed by atoms with E-state index in [1.54, 1.807) is 18.3 Å². The number of nitrogen functional groups attached to an aromatic ring is 1. The van der Waals surface area contributed by atoms with Crippen molar-refractivity contribution in [2.24, 2.45) is 0 Å². The molecule has 0 atom stereocenters. The molecule has 0 spiro atoms. The summed E-state index contributed by atoms with van der Waals surface area (Å²) in [5, 5.41) is 13.2. The molecule has 0 unspecified atom stereocenters. The number of aromatic nitrogens is 4. The van der Waals surface area contributed by atoms with Crippen molar-refractivity contribution in [1.29, 1.82) is 0 Å². The molecule has 4 N–H and O–H groups in total. The van der Waals surface area contributed by atoms with Gasteiger partial charge in [-0.15, -0.1) is 0 Å². The van der Waals surface area contributed by atoms with E-state index in [0.29, 0.717) is 23.5 Å². The summed E-state index contributed by atoms with van der Waals surface area (Å²) in [5.74, 6) is 1.11. The molecule has 0 saturated carbocycles. The van der Waals surface area contributed by atoms with E-state index in [-0.39, 0.29) is 5.75 Å². The van der Waals surface area contributed by atoms with Crippen molar-refractivity contribution < 1.29 is 9.90 Å². The smallest absolute Gasteiger partial charge is 0.165 e. The first-order valence-electron chi connectivity index (χ1n) is 13.8. The Morgan fingerprint density at radius 1 is 0.881 bits per heavy atom. The number of anilines is 1. The summed E-state index contributed by atoms with van der Waals surface area (Å²) in [7, 11) is 0. The number of hydrogen-bond donors (Lipinski definition) is 3. The summed E-state index contributed by atoms with van der Waals surface area (Å²) in [5.41, 5.74) is 13.9. The van der Waals surface area contributed by atoms with Crippen LogP contribution in [0.3, 0.4) is 0 Å². The molecule has 3 heterocycles. The molecule has 0 saturated heterocycles. The highest BCUT2D eigenvalue weighted by molar-refractivity contribution is 5.84. The Morgan fingerprint density at radius 3 is 2.48 bits per heavy atom. The highest BCUT2D eigenvalue weighted by atomic mass is 16.3. The third kappa shape index (κ3) is 5.61. The molecule has 8 heteroatoms. The molecule has 8 nitrogen and oxygen atoms in total. The Bertz CT molecular complexity index is 1850. The zero-order chi connectivity index (χ0) is 28.9. The van der Waals surface area contributed by atoms with Gasteiger partial charge in [0.1, 0.15) is 17.1 Å². The first kappa shape index (κ1) is 26.9. The minimum Gasteiger partial charge on any atom is -0.507 e. The highest BCUT2D eigenvalue weighted by Crippen LogP contribution is 2.31. The Hall–Kier alpha value is -5.34. The number of nitrogens with one attached hydrogen (secondary N) is 1. The molecule has 6 rings (SSSR count). The van der Waals surface area contributed by atoms with Crippen LogP contribution >= 0.6 is 0 Å². The summed E-state index contributed by atoms with van der Waals surface area (Å²) in [6.45, 7) is 1.54. The van der Waals surface area contributed by atoms with E-state index in [1.165, 1.54) is 0 Å². The van der Waals surface area contributed by atoms with Gasteiger partial charge in [-0.3, -0.25) is 9.36 Å². The number of carbonyl (C=O) groups excluding carboxylic acids is 1.